The van der Waals surface area contributed by atoms with E-state index in [0.29, 0.717) is 37.0 Å². The van der Waals surface area contributed by atoms with Crippen LogP contribution in [-0.2, 0) is 22.6 Å². The molecule has 3 aromatic rings. The summed E-state index contributed by atoms with van der Waals surface area (Å²) in [5, 5.41) is 22.0. The molecular weight excluding hydrogens is 384 g/mol. The van der Waals surface area contributed by atoms with Crippen molar-refractivity contribution in [2.45, 2.75) is 19.5 Å². The van der Waals surface area contributed by atoms with Gasteiger partial charge in [0.05, 0.1) is 31.1 Å². The molecule has 0 aliphatic heterocycles. The van der Waals surface area contributed by atoms with Gasteiger partial charge in [-0.1, -0.05) is 12.1 Å². The Labute approximate surface area is 173 Å². The molecule has 0 unspecified atom stereocenters. The van der Waals surface area contributed by atoms with Crippen molar-refractivity contribution < 1.29 is 9.53 Å². The second-order valence-electron chi connectivity index (χ2n) is 6.34. The number of aromatic nitrogens is 4. The average Bonchev–Trinajstić information content (AvgIpc) is 3.18. The van der Waals surface area contributed by atoms with Gasteiger partial charge >= 0.3 is 0 Å². The van der Waals surface area contributed by atoms with Gasteiger partial charge in [0.2, 0.25) is 5.91 Å². The summed E-state index contributed by atoms with van der Waals surface area (Å²) >= 11 is 0. The summed E-state index contributed by atoms with van der Waals surface area (Å²) in [7, 11) is 1.65. The second-order valence-corrected chi connectivity index (χ2v) is 6.34. The standard InChI is InChI=1S/C20H22N8O2/c1-30-8-7-28-13-17(12-25-28)26-19-10-18(23-14-24-19)22-11-15-3-2-4-16(9-15)27-20(29)5-6-21/h2-4,9-10,12-14H,5,7-8,11H2,1H3,(H,27,29)(H2,22,23,24,26). The van der Waals surface area contributed by atoms with Crippen LogP contribution in [0.4, 0.5) is 23.0 Å². The smallest absolute Gasteiger partial charge is 0.238 e. The van der Waals surface area contributed by atoms with Crippen molar-refractivity contribution in [1.82, 2.24) is 19.7 Å². The zero-order chi connectivity index (χ0) is 21.2. The number of methoxy groups -OCH3 is 1. The Bertz CT molecular complexity index is 1030. The van der Waals surface area contributed by atoms with Crippen molar-refractivity contribution in [3.63, 3.8) is 0 Å². The molecular formula is C20H22N8O2. The maximum absolute atomic E-state index is 11.6. The quantitative estimate of drug-likeness (QED) is 0.468. The van der Waals surface area contributed by atoms with Crippen molar-refractivity contribution in [2.24, 2.45) is 0 Å². The maximum atomic E-state index is 11.6. The van der Waals surface area contributed by atoms with Gasteiger partial charge in [0.15, 0.2) is 0 Å². The molecule has 0 radical (unpaired) electrons. The molecule has 0 saturated heterocycles. The number of benzene rings is 1. The number of carbonyl (C=O) groups excluding carboxylic acids is 1. The lowest BCUT2D eigenvalue weighted by Crippen LogP contribution is -2.10. The molecule has 0 aliphatic carbocycles. The summed E-state index contributed by atoms with van der Waals surface area (Å²) < 4.78 is 6.83. The molecule has 0 aliphatic rings. The summed E-state index contributed by atoms with van der Waals surface area (Å²) in [6.45, 7) is 1.77. The SMILES string of the molecule is COCCn1cc(Nc2cc(NCc3cccc(NC(=O)CC#N)c3)ncn2)cn1. The molecule has 0 saturated carbocycles. The highest BCUT2D eigenvalue weighted by atomic mass is 16.5. The Balaban J connectivity index is 1.57. The van der Waals surface area contributed by atoms with E-state index in [1.807, 2.05) is 30.5 Å². The van der Waals surface area contributed by atoms with E-state index in [0.717, 1.165) is 11.3 Å². The average molecular weight is 406 g/mol. The Kier molecular flexibility index (Phi) is 7.29. The van der Waals surface area contributed by atoms with Gasteiger partial charge in [-0.25, -0.2) is 9.97 Å². The first-order chi connectivity index (χ1) is 14.7. The van der Waals surface area contributed by atoms with Gasteiger partial charge in [-0.2, -0.15) is 10.4 Å². The number of anilines is 4. The maximum Gasteiger partial charge on any atom is 0.238 e. The second kappa shape index (κ2) is 10.5. The zero-order valence-electron chi connectivity index (χ0n) is 16.5. The van der Waals surface area contributed by atoms with Crippen LogP contribution in [0.3, 0.4) is 0 Å². The van der Waals surface area contributed by atoms with Gasteiger partial charge in [0.25, 0.3) is 0 Å². The monoisotopic (exact) mass is 406 g/mol. The van der Waals surface area contributed by atoms with Crippen molar-refractivity contribution >= 4 is 28.9 Å². The molecule has 3 rings (SSSR count). The third-order valence-corrected chi connectivity index (χ3v) is 4.02. The summed E-state index contributed by atoms with van der Waals surface area (Å²) in [4.78, 5) is 20.0. The van der Waals surface area contributed by atoms with Crippen LogP contribution < -0.4 is 16.0 Å². The Morgan fingerprint density at radius 3 is 2.93 bits per heavy atom. The predicted molar refractivity (Wildman–Crippen MR) is 112 cm³/mol. The third kappa shape index (κ3) is 6.29. The Morgan fingerprint density at radius 1 is 1.23 bits per heavy atom. The van der Waals surface area contributed by atoms with E-state index >= 15 is 0 Å². The highest BCUT2D eigenvalue weighted by Crippen LogP contribution is 2.17. The number of hydrogen-bond donors (Lipinski definition) is 3. The van der Waals surface area contributed by atoms with Gasteiger partial charge in [-0.05, 0) is 17.7 Å². The molecule has 10 heteroatoms. The lowest BCUT2D eigenvalue weighted by molar-refractivity contribution is -0.115. The minimum atomic E-state index is -0.334. The number of nitriles is 1. The fourth-order valence-electron chi connectivity index (χ4n) is 2.63. The molecule has 154 valence electrons. The van der Waals surface area contributed by atoms with E-state index in [1.54, 1.807) is 30.1 Å². The van der Waals surface area contributed by atoms with E-state index in [9.17, 15) is 4.79 Å². The Morgan fingerprint density at radius 2 is 2.10 bits per heavy atom. The van der Waals surface area contributed by atoms with Gasteiger partial charge in [-0.15, -0.1) is 0 Å². The van der Waals surface area contributed by atoms with Crippen LogP contribution in [0.1, 0.15) is 12.0 Å². The Hall–Kier alpha value is -3.97. The number of ether oxygens (including phenoxy) is 1. The lowest BCUT2D eigenvalue weighted by Gasteiger charge is -2.09. The first-order valence-corrected chi connectivity index (χ1v) is 9.26. The van der Waals surface area contributed by atoms with E-state index < -0.39 is 0 Å². The normalized spacial score (nSPS) is 10.3. The first kappa shape index (κ1) is 20.8. The lowest BCUT2D eigenvalue weighted by atomic mass is 10.2. The van der Waals surface area contributed by atoms with Crippen molar-refractivity contribution in [1.29, 1.82) is 5.26 Å². The number of nitrogens with one attached hydrogen (secondary N) is 3. The topological polar surface area (TPSA) is 130 Å². The predicted octanol–water partition coefficient (Wildman–Crippen LogP) is 2.53. The van der Waals surface area contributed by atoms with Crippen LogP contribution in [0.5, 0.6) is 0 Å². The summed E-state index contributed by atoms with van der Waals surface area (Å²) in [6, 6.07) is 11.0. The van der Waals surface area contributed by atoms with Crippen LogP contribution in [0.25, 0.3) is 0 Å². The summed E-state index contributed by atoms with van der Waals surface area (Å²) in [6.07, 6.45) is 4.89. The first-order valence-electron chi connectivity index (χ1n) is 9.26. The fourth-order valence-corrected chi connectivity index (χ4v) is 2.63. The minimum absolute atomic E-state index is 0.176. The van der Waals surface area contributed by atoms with Crippen LogP contribution in [0.15, 0.2) is 49.1 Å². The molecule has 3 N–H and O–H groups in total. The van der Waals surface area contributed by atoms with Crippen LogP contribution in [-0.4, -0.2) is 39.4 Å². The summed E-state index contributed by atoms with van der Waals surface area (Å²) in [5.41, 5.74) is 2.42. The third-order valence-electron chi connectivity index (χ3n) is 4.02. The number of nitrogens with zero attached hydrogens (tertiary/aromatic N) is 5. The number of amides is 1. The molecule has 2 heterocycles. The highest BCUT2D eigenvalue weighted by Gasteiger charge is 2.04. The molecule has 1 amide bonds. The molecule has 0 atom stereocenters. The largest absolute Gasteiger partial charge is 0.383 e. The number of hydrogen-bond acceptors (Lipinski definition) is 8. The zero-order valence-corrected chi connectivity index (χ0v) is 16.5. The van der Waals surface area contributed by atoms with Gasteiger partial charge in [-0.3, -0.25) is 9.48 Å². The van der Waals surface area contributed by atoms with Gasteiger partial charge < -0.3 is 20.7 Å². The molecule has 1 aromatic carbocycles. The fraction of sp³-hybridized carbons (Fsp3) is 0.250. The molecule has 30 heavy (non-hydrogen) atoms. The number of carbonyl (C=O) groups is 1. The molecule has 2 aromatic heterocycles. The van der Waals surface area contributed by atoms with Crippen molar-refractivity contribution in [3.8, 4) is 6.07 Å². The number of rotatable bonds is 10. The van der Waals surface area contributed by atoms with Gasteiger partial charge in [0, 0.05) is 31.6 Å². The van der Waals surface area contributed by atoms with Crippen LogP contribution in [0, 0.1) is 11.3 Å². The summed E-state index contributed by atoms with van der Waals surface area (Å²) in [5.74, 6) is 0.953. The highest BCUT2D eigenvalue weighted by molar-refractivity contribution is 5.92. The van der Waals surface area contributed by atoms with Gasteiger partial charge in [0.1, 0.15) is 24.4 Å². The van der Waals surface area contributed by atoms with E-state index in [4.69, 9.17) is 10.00 Å². The van der Waals surface area contributed by atoms with E-state index in [2.05, 4.69) is 31.0 Å². The van der Waals surface area contributed by atoms with Crippen molar-refractivity contribution in [3.05, 3.63) is 54.6 Å². The van der Waals surface area contributed by atoms with Crippen LogP contribution >= 0.6 is 0 Å². The molecule has 0 fully saturated rings. The minimum Gasteiger partial charge on any atom is -0.383 e. The molecule has 10 nitrogen and oxygen atoms in total. The van der Waals surface area contributed by atoms with Crippen molar-refractivity contribution in [2.75, 3.05) is 29.7 Å². The van der Waals surface area contributed by atoms with E-state index in [1.165, 1.54) is 6.33 Å². The molecule has 0 bridgehead atoms. The van der Waals surface area contributed by atoms with Crippen LogP contribution in [0.2, 0.25) is 0 Å². The van der Waals surface area contributed by atoms with E-state index in [-0.39, 0.29) is 12.3 Å². The molecule has 0 spiro atoms.